The molecular formula is C23H25N3O4. The monoisotopic (exact) mass is 407 g/mol. The Balaban J connectivity index is 1.89. The number of Topliss-reactive ketones (excluding diaryl/α,β-unsaturated/α-hetero) is 1. The minimum absolute atomic E-state index is 0.0174. The van der Waals surface area contributed by atoms with E-state index in [4.69, 9.17) is 4.74 Å². The van der Waals surface area contributed by atoms with Crippen molar-refractivity contribution in [1.29, 1.82) is 0 Å². The number of aryl methyl sites for hydroxylation is 1. The van der Waals surface area contributed by atoms with Gasteiger partial charge in [-0.1, -0.05) is 24.3 Å². The Bertz CT molecular complexity index is 1200. The topological polar surface area (TPSA) is 83.2 Å². The van der Waals surface area contributed by atoms with Crippen LogP contribution in [0.25, 0.3) is 10.8 Å². The van der Waals surface area contributed by atoms with Crippen molar-refractivity contribution < 1.29 is 14.3 Å². The zero-order valence-electron chi connectivity index (χ0n) is 17.6. The van der Waals surface area contributed by atoms with Gasteiger partial charge in [-0.15, -0.1) is 6.58 Å². The molecule has 1 aromatic carbocycles. The zero-order chi connectivity index (χ0) is 22.0. The Labute approximate surface area is 174 Å². The number of nitrogens with zero attached hydrogens (tertiary/aromatic N) is 3. The fraction of sp³-hybridized carbons (Fsp3) is 0.304. The van der Waals surface area contributed by atoms with Gasteiger partial charge in [-0.25, -0.2) is 9.48 Å². The lowest BCUT2D eigenvalue weighted by molar-refractivity contribution is 0.0468. The van der Waals surface area contributed by atoms with E-state index in [0.29, 0.717) is 22.9 Å². The third kappa shape index (κ3) is 3.83. The molecule has 0 aliphatic rings. The Kier molecular flexibility index (Phi) is 6.01. The number of carbonyl (C=O) groups is 2. The Morgan fingerprint density at radius 2 is 1.87 bits per heavy atom. The predicted octanol–water partition coefficient (Wildman–Crippen LogP) is 3.62. The van der Waals surface area contributed by atoms with Crippen LogP contribution in [0.4, 0.5) is 0 Å². The van der Waals surface area contributed by atoms with E-state index in [1.54, 1.807) is 50.3 Å². The number of benzene rings is 1. The van der Waals surface area contributed by atoms with Crippen molar-refractivity contribution in [1.82, 2.24) is 14.3 Å². The SMILES string of the molecule is C=CCn1c(C)cc(C(=O)COC(=O)c2nn(C(C)C)c(=O)c3ccccc23)c1C. The molecule has 0 fully saturated rings. The first-order chi connectivity index (χ1) is 14.3. The Morgan fingerprint density at radius 1 is 1.20 bits per heavy atom. The molecule has 0 bridgehead atoms. The van der Waals surface area contributed by atoms with Gasteiger partial charge in [0.05, 0.1) is 11.4 Å². The lowest BCUT2D eigenvalue weighted by Crippen LogP contribution is -2.28. The molecule has 0 amide bonds. The molecular weight excluding hydrogens is 382 g/mol. The van der Waals surface area contributed by atoms with Gasteiger partial charge >= 0.3 is 5.97 Å². The number of ketones is 1. The number of hydrogen-bond acceptors (Lipinski definition) is 5. The summed E-state index contributed by atoms with van der Waals surface area (Å²) in [6, 6.07) is 8.29. The van der Waals surface area contributed by atoms with Crippen molar-refractivity contribution in [3.8, 4) is 0 Å². The number of allylic oxidation sites excluding steroid dienone is 1. The predicted molar refractivity (Wildman–Crippen MR) is 115 cm³/mol. The van der Waals surface area contributed by atoms with Gasteiger partial charge in [-0.3, -0.25) is 9.59 Å². The molecule has 7 nitrogen and oxygen atoms in total. The van der Waals surface area contributed by atoms with E-state index in [1.807, 2.05) is 18.4 Å². The highest BCUT2D eigenvalue weighted by molar-refractivity contribution is 6.04. The molecule has 156 valence electrons. The largest absolute Gasteiger partial charge is 0.452 e. The maximum Gasteiger partial charge on any atom is 0.359 e. The first-order valence-corrected chi connectivity index (χ1v) is 9.75. The van der Waals surface area contributed by atoms with Crippen LogP contribution < -0.4 is 5.56 Å². The van der Waals surface area contributed by atoms with E-state index in [2.05, 4.69) is 11.7 Å². The van der Waals surface area contributed by atoms with E-state index in [-0.39, 0.29) is 23.1 Å². The van der Waals surface area contributed by atoms with Crippen LogP contribution in [-0.4, -0.2) is 32.7 Å². The molecule has 2 heterocycles. The number of aromatic nitrogens is 3. The van der Waals surface area contributed by atoms with Crippen molar-refractivity contribution in [3.05, 3.63) is 76.0 Å². The molecule has 0 atom stereocenters. The number of carbonyl (C=O) groups excluding carboxylic acids is 2. The summed E-state index contributed by atoms with van der Waals surface area (Å²) in [7, 11) is 0. The summed E-state index contributed by atoms with van der Waals surface area (Å²) in [4.78, 5) is 38.0. The second kappa shape index (κ2) is 8.49. The van der Waals surface area contributed by atoms with E-state index in [0.717, 1.165) is 11.4 Å². The summed E-state index contributed by atoms with van der Waals surface area (Å²) in [6.07, 6.45) is 1.76. The summed E-state index contributed by atoms with van der Waals surface area (Å²) in [6.45, 7) is 11.3. The highest BCUT2D eigenvalue weighted by Crippen LogP contribution is 2.18. The van der Waals surface area contributed by atoms with E-state index >= 15 is 0 Å². The number of rotatable bonds is 7. The lowest BCUT2D eigenvalue weighted by Gasteiger charge is -2.13. The normalized spacial score (nSPS) is 11.1. The summed E-state index contributed by atoms with van der Waals surface area (Å²) >= 11 is 0. The van der Waals surface area contributed by atoms with Gasteiger partial charge in [0.25, 0.3) is 5.56 Å². The van der Waals surface area contributed by atoms with Crippen LogP contribution in [0.5, 0.6) is 0 Å². The molecule has 3 rings (SSSR count). The van der Waals surface area contributed by atoms with Crippen molar-refractivity contribution >= 4 is 22.5 Å². The third-order valence-electron chi connectivity index (χ3n) is 5.03. The fourth-order valence-electron chi connectivity index (χ4n) is 3.48. The first kappa shape index (κ1) is 21.2. The van der Waals surface area contributed by atoms with E-state index < -0.39 is 12.6 Å². The first-order valence-electron chi connectivity index (χ1n) is 9.75. The number of esters is 1. The molecule has 0 saturated carbocycles. The number of hydrogen-bond donors (Lipinski definition) is 0. The zero-order valence-corrected chi connectivity index (χ0v) is 17.6. The molecule has 0 N–H and O–H groups in total. The van der Waals surface area contributed by atoms with Crippen LogP contribution in [0.2, 0.25) is 0 Å². The summed E-state index contributed by atoms with van der Waals surface area (Å²) in [5.41, 5.74) is 1.97. The van der Waals surface area contributed by atoms with E-state index in [9.17, 15) is 14.4 Å². The molecule has 0 aliphatic heterocycles. The van der Waals surface area contributed by atoms with Crippen molar-refractivity contribution in [2.24, 2.45) is 0 Å². The average Bonchev–Trinajstić information content (AvgIpc) is 3.00. The van der Waals surface area contributed by atoms with Gasteiger partial charge in [-0.2, -0.15) is 5.10 Å². The van der Waals surface area contributed by atoms with Crippen LogP contribution >= 0.6 is 0 Å². The molecule has 0 saturated heterocycles. The minimum atomic E-state index is -0.742. The van der Waals surface area contributed by atoms with Crippen LogP contribution in [0.1, 0.15) is 52.1 Å². The van der Waals surface area contributed by atoms with Crippen LogP contribution in [0, 0.1) is 13.8 Å². The molecule has 0 aliphatic carbocycles. The van der Waals surface area contributed by atoms with Gasteiger partial charge < -0.3 is 9.30 Å². The summed E-state index contributed by atoms with van der Waals surface area (Å²) in [5, 5.41) is 5.00. The smallest absolute Gasteiger partial charge is 0.359 e. The number of ether oxygens (including phenoxy) is 1. The standard InChI is InChI=1S/C23H25N3O4/c1-6-11-25-15(4)12-19(16(25)5)20(27)13-30-23(29)21-17-9-7-8-10-18(17)22(28)26(24-21)14(2)3/h6-10,12,14H,1,11,13H2,2-5H3. The second-order valence-corrected chi connectivity index (χ2v) is 7.42. The highest BCUT2D eigenvalue weighted by Gasteiger charge is 2.21. The summed E-state index contributed by atoms with van der Waals surface area (Å²) < 4.78 is 8.52. The van der Waals surface area contributed by atoms with Crippen molar-refractivity contribution in [2.75, 3.05) is 6.61 Å². The maximum absolute atomic E-state index is 12.8. The van der Waals surface area contributed by atoms with Crippen LogP contribution in [-0.2, 0) is 11.3 Å². The van der Waals surface area contributed by atoms with Crippen molar-refractivity contribution in [2.45, 2.75) is 40.3 Å². The van der Waals surface area contributed by atoms with E-state index in [1.165, 1.54) is 4.68 Å². The van der Waals surface area contributed by atoms with Gasteiger partial charge in [0.15, 0.2) is 12.3 Å². The molecule has 30 heavy (non-hydrogen) atoms. The summed E-state index contributed by atoms with van der Waals surface area (Å²) in [5.74, 6) is -1.04. The maximum atomic E-state index is 12.8. The van der Waals surface area contributed by atoms with Gasteiger partial charge in [0, 0.05) is 28.9 Å². The number of fused-ring (bicyclic) bond motifs is 1. The van der Waals surface area contributed by atoms with Gasteiger partial charge in [-0.05, 0) is 39.8 Å². The third-order valence-corrected chi connectivity index (χ3v) is 5.03. The Hall–Kier alpha value is -3.48. The molecule has 2 aromatic heterocycles. The van der Waals surface area contributed by atoms with Crippen LogP contribution in [0.15, 0.2) is 47.8 Å². The quantitative estimate of drug-likeness (QED) is 0.339. The van der Waals surface area contributed by atoms with Gasteiger partial charge in [0.2, 0.25) is 5.78 Å². The molecule has 0 radical (unpaired) electrons. The lowest BCUT2D eigenvalue weighted by atomic mass is 10.1. The van der Waals surface area contributed by atoms with Gasteiger partial charge in [0.1, 0.15) is 0 Å². The molecule has 0 unspecified atom stereocenters. The molecule has 3 aromatic rings. The highest BCUT2D eigenvalue weighted by atomic mass is 16.5. The van der Waals surface area contributed by atoms with Crippen LogP contribution in [0.3, 0.4) is 0 Å². The minimum Gasteiger partial charge on any atom is -0.452 e. The fourth-order valence-corrected chi connectivity index (χ4v) is 3.48. The average molecular weight is 407 g/mol. The Morgan fingerprint density at radius 3 is 2.50 bits per heavy atom. The molecule has 0 spiro atoms. The molecule has 7 heteroatoms. The second-order valence-electron chi connectivity index (χ2n) is 7.42. The van der Waals surface area contributed by atoms with Crippen molar-refractivity contribution in [3.63, 3.8) is 0 Å².